The van der Waals surface area contributed by atoms with Crippen molar-refractivity contribution in [3.05, 3.63) is 71.3 Å². The smallest absolute Gasteiger partial charge is 0.384 e. The van der Waals surface area contributed by atoms with E-state index in [4.69, 9.17) is 13.6 Å². The van der Waals surface area contributed by atoms with E-state index in [0.29, 0.717) is 60.2 Å². The Labute approximate surface area is 240 Å². The van der Waals surface area contributed by atoms with Crippen molar-refractivity contribution in [3.63, 3.8) is 0 Å². The number of imide groups is 1. The van der Waals surface area contributed by atoms with Crippen molar-refractivity contribution >= 4 is 31.9 Å². The van der Waals surface area contributed by atoms with Gasteiger partial charge in [-0.2, -0.15) is 0 Å². The van der Waals surface area contributed by atoms with Gasteiger partial charge >= 0.3 is 9.28 Å². The molecule has 0 aliphatic carbocycles. The third kappa shape index (κ3) is 6.65. The summed E-state index contributed by atoms with van der Waals surface area (Å²) in [5.74, 6) is 0.795. The van der Waals surface area contributed by atoms with Gasteiger partial charge in [-0.1, -0.05) is 58.9 Å². The van der Waals surface area contributed by atoms with Gasteiger partial charge in [-0.25, -0.2) is 0 Å². The number of carbonyl (C=O) groups is 2. The monoisotopic (exact) mass is 560 g/mol. The van der Waals surface area contributed by atoms with Crippen molar-refractivity contribution in [1.82, 2.24) is 4.90 Å². The van der Waals surface area contributed by atoms with E-state index in [1.807, 2.05) is 44.2 Å². The number of rotatable bonds is 12. The summed E-state index contributed by atoms with van der Waals surface area (Å²) in [6.45, 7) is 16.7. The zero-order valence-corrected chi connectivity index (χ0v) is 25.9. The predicted molar refractivity (Wildman–Crippen MR) is 161 cm³/mol. The molecule has 0 atom stereocenters. The molecule has 0 unspecified atom stereocenters. The maximum atomic E-state index is 13.5. The van der Waals surface area contributed by atoms with Crippen molar-refractivity contribution in [1.29, 1.82) is 0 Å². The molecule has 1 radical (unpaired) electrons. The lowest BCUT2D eigenvalue weighted by atomic mass is 9.72. The molecule has 1 aliphatic rings. The molecular weight excluding hydrogens is 518 g/mol. The first-order valence-electron chi connectivity index (χ1n) is 14.3. The first-order chi connectivity index (χ1) is 18.9. The summed E-state index contributed by atoms with van der Waals surface area (Å²) in [5.41, 5.74) is 2.58. The molecule has 0 aromatic heterocycles. The summed E-state index contributed by atoms with van der Waals surface area (Å²) < 4.78 is 17.7. The van der Waals surface area contributed by atoms with Crippen LogP contribution in [0.5, 0.6) is 11.5 Å². The van der Waals surface area contributed by atoms with Crippen LogP contribution in [0.1, 0.15) is 87.6 Å². The van der Waals surface area contributed by atoms with Gasteiger partial charge in [0.15, 0.2) is 0 Å². The summed E-state index contributed by atoms with van der Waals surface area (Å²) in [7, 11) is -1.40. The van der Waals surface area contributed by atoms with E-state index >= 15 is 0 Å². The highest BCUT2D eigenvalue weighted by molar-refractivity contribution is 6.44. The number of ether oxygens (including phenoxy) is 1. The van der Waals surface area contributed by atoms with Gasteiger partial charge < -0.3 is 13.6 Å². The largest absolute Gasteiger partial charge is 0.457 e. The second-order valence-corrected chi connectivity index (χ2v) is 14.0. The molecular formula is C33H42NO5Si. The summed E-state index contributed by atoms with van der Waals surface area (Å²) in [4.78, 5) is 28.3. The topological polar surface area (TPSA) is 65.1 Å². The highest BCUT2D eigenvalue weighted by Gasteiger charge is 2.34. The molecule has 4 rings (SSSR count). The third-order valence-electron chi connectivity index (χ3n) is 7.16. The molecule has 0 saturated carbocycles. The molecule has 1 aliphatic heterocycles. The molecule has 6 nitrogen and oxygen atoms in total. The highest BCUT2D eigenvalue weighted by Crippen LogP contribution is 2.39. The van der Waals surface area contributed by atoms with E-state index in [1.165, 1.54) is 10.5 Å². The molecule has 2 amide bonds. The van der Waals surface area contributed by atoms with Crippen LogP contribution in [0.2, 0.25) is 6.04 Å². The van der Waals surface area contributed by atoms with Crippen molar-refractivity contribution < 1.29 is 23.2 Å². The summed E-state index contributed by atoms with van der Waals surface area (Å²) >= 11 is 0. The van der Waals surface area contributed by atoms with Gasteiger partial charge in [-0.05, 0) is 79.5 Å². The van der Waals surface area contributed by atoms with Crippen LogP contribution in [0, 0.1) is 5.41 Å². The molecule has 0 N–H and O–H groups in total. The zero-order chi connectivity index (χ0) is 29.1. The van der Waals surface area contributed by atoms with Crippen LogP contribution in [0.4, 0.5) is 0 Å². The van der Waals surface area contributed by atoms with Gasteiger partial charge in [-0.15, -0.1) is 0 Å². The fourth-order valence-corrected chi connectivity index (χ4v) is 7.29. The molecule has 0 bridgehead atoms. The number of benzene rings is 3. The minimum atomic E-state index is -1.40. The lowest BCUT2D eigenvalue weighted by Gasteiger charge is -2.33. The summed E-state index contributed by atoms with van der Waals surface area (Å²) in [6, 6.07) is 18.1. The molecule has 7 heteroatoms. The van der Waals surface area contributed by atoms with Gasteiger partial charge in [0, 0.05) is 41.7 Å². The minimum absolute atomic E-state index is 0.0399. The molecule has 3 aromatic carbocycles. The second kappa shape index (κ2) is 12.2. The van der Waals surface area contributed by atoms with E-state index in [9.17, 15) is 9.59 Å². The molecule has 0 spiro atoms. The lowest BCUT2D eigenvalue weighted by molar-refractivity contribution is 0.0609. The Morgan fingerprint density at radius 3 is 2.02 bits per heavy atom. The Hall–Kier alpha value is -3.00. The Morgan fingerprint density at radius 1 is 0.800 bits per heavy atom. The average Bonchev–Trinajstić information content (AvgIpc) is 2.89. The van der Waals surface area contributed by atoms with Gasteiger partial charge in [0.05, 0.1) is 0 Å². The van der Waals surface area contributed by atoms with Crippen molar-refractivity contribution in [2.24, 2.45) is 5.41 Å². The fraction of sp³-hybridized carbons (Fsp3) is 0.455. The minimum Gasteiger partial charge on any atom is -0.457 e. The Kier molecular flexibility index (Phi) is 9.18. The fourth-order valence-electron chi connectivity index (χ4n) is 5.83. The first kappa shape index (κ1) is 30.0. The average molecular weight is 561 g/mol. The van der Waals surface area contributed by atoms with Gasteiger partial charge in [0.25, 0.3) is 11.8 Å². The maximum absolute atomic E-state index is 13.5. The van der Waals surface area contributed by atoms with E-state index in [-0.39, 0.29) is 22.6 Å². The van der Waals surface area contributed by atoms with Crippen LogP contribution in [-0.2, 0) is 14.3 Å². The lowest BCUT2D eigenvalue weighted by Crippen LogP contribution is -2.41. The van der Waals surface area contributed by atoms with Crippen molar-refractivity contribution in [3.8, 4) is 11.5 Å². The van der Waals surface area contributed by atoms with Gasteiger partial charge in [-0.3, -0.25) is 14.5 Å². The van der Waals surface area contributed by atoms with Crippen LogP contribution in [0.15, 0.2) is 54.6 Å². The van der Waals surface area contributed by atoms with Crippen LogP contribution < -0.4 is 4.74 Å². The number of amides is 2. The summed E-state index contributed by atoms with van der Waals surface area (Å²) in [6.07, 6.45) is 1.70. The molecule has 3 aromatic rings. The quantitative estimate of drug-likeness (QED) is 0.166. The molecule has 0 saturated heterocycles. The van der Waals surface area contributed by atoms with Crippen LogP contribution in [0.3, 0.4) is 0 Å². The number of nitrogens with zero attached hydrogens (tertiary/aromatic N) is 1. The van der Waals surface area contributed by atoms with Crippen LogP contribution in [0.25, 0.3) is 10.8 Å². The van der Waals surface area contributed by atoms with E-state index in [0.717, 1.165) is 11.8 Å². The first-order valence-corrected chi connectivity index (χ1v) is 15.8. The van der Waals surface area contributed by atoms with Crippen LogP contribution >= 0.6 is 0 Å². The standard InChI is InChI=1S/C33H42NO5Si/c1-8-37-40(38-9-2)21-11-20-34-30(35)26-13-10-12-25-28(19-18-27(29(25)26)31(34)36)39-24-16-14-23(15-17-24)33(6,7)22-32(3,4)5/h10,12-19H,8-9,11,20-22H2,1-7H3. The Morgan fingerprint density at radius 2 is 1.43 bits per heavy atom. The third-order valence-corrected chi connectivity index (χ3v) is 9.14. The molecule has 0 fully saturated rings. The molecule has 1 heterocycles. The molecule has 40 heavy (non-hydrogen) atoms. The summed E-state index contributed by atoms with van der Waals surface area (Å²) in [5, 5.41) is 1.41. The Balaban J connectivity index is 1.54. The number of hydrogen-bond acceptors (Lipinski definition) is 5. The highest BCUT2D eigenvalue weighted by atomic mass is 28.3. The predicted octanol–water partition coefficient (Wildman–Crippen LogP) is 7.89. The van der Waals surface area contributed by atoms with Crippen molar-refractivity contribution in [2.75, 3.05) is 19.8 Å². The van der Waals surface area contributed by atoms with E-state index < -0.39 is 9.28 Å². The number of carbonyl (C=O) groups excluding carboxylic acids is 2. The maximum Gasteiger partial charge on any atom is 0.384 e. The van der Waals surface area contributed by atoms with E-state index in [2.05, 4.69) is 46.8 Å². The van der Waals surface area contributed by atoms with E-state index in [1.54, 1.807) is 12.1 Å². The SMILES string of the molecule is CCO[Si](CCCN1C(=O)c2cccc3c(Oc4ccc(C(C)(C)CC(C)(C)C)cc4)ccc(c23)C1=O)OCC. The van der Waals surface area contributed by atoms with Crippen LogP contribution in [-0.4, -0.2) is 45.8 Å². The molecule has 213 valence electrons. The van der Waals surface area contributed by atoms with Gasteiger partial charge in [0.2, 0.25) is 0 Å². The van der Waals surface area contributed by atoms with Gasteiger partial charge in [0.1, 0.15) is 11.5 Å². The number of hydrogen-bond donors (Lipinski definition) is 0. The zero-order valence-electron chi connectivity index (χ0n) is 24.9. The normalized spacial score (nSPS) is 13.9. The van der Waals surface area contributed by atoms with Crippen molar-refractivity contribution in [2.45, 2.75) is 72.8 Å². The Bertz CT molecular complexity index is 1330. The second-order valence-electron chi connectivity index (χ2n) is 12.2.